The summed E-state index contributed by atoms with van der Waals surface area (Å²) >= 11 is 2.75. The van der Waals surface area contributed by atoms with Gasteiger partial charge in [0.05, 0.1) is 29.0 Å². The number of ether oxygens (including phenoxy) is 2. The summed E-state index contributed by atoms with van der Waals surface area (Å²) in [4.78, 5) is 44.9. The highest BCUT2D eigenvalue weighted by Crippen LogP contribution is 2.33. The molecule has 1 atom stereocenters. The second-order valence-electron chi connectivity index (χ2n) is 8.35. The van der Waals surface area contributed by atoms with Crippen LogP contribution < -0.4 is 14.9 Å². The summed E-state index contributed by atoms with van der Waals surface area (Å²) in [6, 6.07) is 10.9. The van der Waals surface area contributed by atoms with Crippen molar-refractivity contribution in [3.63, 3.8) is 0 Å². The van der Waals surface area contributed by atoms with E-state index in [0.717, 1.165) is 21.3 Å². The molecule has 5 rings (SSSR count). The SMILES string of the molecule is CCOC(=O)Cn1cc(/C=c2\sc3n(c2=O)[C@H](c2cccs2)C(C(=O)OCC)=C(C)N=3)c2ccccc21. The number of carbonyl (C=O) groups is 2. The smallest absolute Gasteiger partial charge is 0.338 e. The summed E-state index contributed by atoms with van der Waals surface area (Å²) in [7, 11) is 0. The van der Waals surface area contributed by atoms with Crippen LogP contribution in [0.4, 0.5) is 0 Å². The largest absolute Gasteiger partial charge is 0.465 e. The average Bonchev–Trinajstić information content (AvgIpc) is 3.59. The number of fused-ring (bicyclic) bond motifs is 2. The van der Waals surface area contributed by atoms with Gasteiger partial charge in [0, 0.05) is 27.5 Å². The second kappa shape index (κ2) is 10.3. The molecule has 190 valence electrons. The molecule has 0 radical (unpaired) electrons. The molecular weight excluding hydrogens is 510 g/mol. The Hall–Kier alpha value is -3.76. The normalized spacial score (nSPS) is 15.5. The van der Waals surface area contributed by atoms with Crippen LogP contribution in [0.15, 0.2) is 69.0 Å². The van der Waals surface area contributed by atoms with Crippen molar-refractivity contribution in [3.05, 3.63) is 89.4 Å². The summed E-state index contributed by atoms with van der Waals surface area (Å²) in [5, 5.41) is 2.83. The zero-order valence-corrected chi connectivity index (χ0v) is 22.2. The van der Waals surface area contributed by atoms with Gasteiger partial charge in [-0.05, 0) is 44.4 Å². The maximum atomic E-state index is 13.8. The molecule has 0 amide bonds. The van der Waals surface area contributed by atoms with Gasteiger partial charge in [-0.1, -0.05) is 35.6 Å². The fraction of sp³-hybridized carbons (Fsp3) is 0.259. The van der Waals surface area contributed by atoms with E-state index in [0.29, 0.717) is 27.2 Å². The minimum absolute atomic E-state index is 0.0733. The number of para-hydroxylation sites is 1. The van der Waals surface area contributed by atoms with Crippen LogP contribution in [-0.4, -0.2) is 34.3 Å². The highest BCUT2D eigenvalue weighted by Gasteiger charge is 2.33. The quantitative estimate of drug-likeness (QED) is 0.339. The average molecular weight is 536 g/mol. The molecule has 4 aromatic rings. The Kier molecular flexibility index (Phi) is 6.94. The predicted octanol–water partition coefficient (Wildman–Crippen LogP) is 3.38. The molecule has 0 N–H and O–H groups in total. The van der Waals surface area contributed by atoms with Crippen molar-refractivity contribution < 1.29 is 19.1 Å². The van der Waals surface area contributed by atoms with Crippen LogP contribution in [-0.2, 0) is 25.6 Å². The number of allylic oxidation sites excluding steroid dienone is 1. The Morgan fingerprint density at radius 1 is 1.11 bits per heavy atom. The Morgan fingerprint density at radius 2 is 1.89 bits per heavy atom. The number of hydrogen-bond donors (Lipinski definition) is 0. The molecule has 0 saturated carbocycles. The monoisotopic (exact) mass is 535 g/mol. The van der Waals surface area contributed by atoms with Gasteiger partial charge in [-0.3, -0.25) is 14.2 Å². The van der Waals surface area contributed by atoms with E-state index >= 15 is 0 Å². The minimum Gasteiger partial charge on any atom is -0.465 e. The molecule has 0 fully saturated rings. The van der Waals surface area contributed by atoms with Crippen LogP contribution in [0.1, 0.15) is 37.3 Å². The molecule has 1 aliphatic heterocycles. The minimum atomic E-state index is -0.609. The fourth-order valence-corrected chi connectivity index (χ4v) is 6.38. The molecule has 0 aliphatic carbocycles. The topological polar surface area (TPSA) is 91.9 Å². The summed E-state index contributed by atoms with van der Waals surface area (Å²) in [5.41, 5.74) is 2.34. The van der Waals surface area contributed by atoms with E-state index in [1.54, 1.807) is 25.3 Å². The first-order chi connectivity index (χ1) is 17.9. The van der Waals surface area contributed by atoms with Crippen LogP contribution in [0.2, 0.25) is 0 Å². The van der Waals surface area contributed by atoms with E-state index < -0.39 is 12.0 Å². The lowest BCUT2D eigenvalue weighted by Gasteiger charge is -2.23. The molecule has 4 heterocycles. The van der Waals surface area contributed by atoms with Gasteiger partial charge in [0.15, 0.2) is 4.80 Å². The Morgan fingerprint density at radius 3 is 2.62 bits per heavy atom. The second-order valence-corrected chi connectivity index (χ2v) is 10.3. The molecule has 0 unspecified atom stereocenters. The molecule has 1 aliphatic rings. The van der Waals surface area contributed by atoms with Crippen molar-refractivity contribution in [2.45, 2.75) is 33.4 Å². The third-order valence-electron chi connectivity index (χ3n) is 6.04. The van der Waals surface area contributed by atoms with Crippen LogP contribution in [0, 0.1) is 0 Å². The lowest BCUT2D eigenvalue weighted by atomic mass is 10.0. The van der Waals surface area contributed by atoms with E-state index in [1.807, 2.05) is 58.6 Å². The maximum absolute atomic E-state index is 13.8. The van der Waals surface area contributed by atoms with Gasteiger partial charge < -0.3 is 14.0 Å². The van der Waals surface area contributed by atoms with Crippen LogP contribution in [0.5, 0.6) is 0 Å². The molecule has 37 heavy (non-hydrogen) atoms. The molecule has 3 aromatic heterocycles. The van der Waals surface area contributed by atoms with Gasteiger partial charge in [0.1, 0.15) is 12.6 Å². The number of benzene rings is 1. The standard InChI is InChI=1S/C27H25N3O5S2/c1-4-34-22(31)15-29-14-17(18-9-6-7-10-19(18)29)13-21-25(32)30-24(20-11-8-12-36-20)23(26(33)35-5-2)16(3)28-27(30)37-21/h6-14,24H,4-5,15H2,1-3H3/b21-13-/t24-/m1/s1. The molecule has 10 heteroatoms. The number of hydrogen-bond acceptors (Lipinski definition) is 8. The highest BCUT2D eigenvalue weighted by molar-refractivity contribution is 7.10. The van der Waals surface area contributed by atoms with Crippen LogP contribution in [0.25, 0.3) is 17.0 Å². The number of carbonyl (C=O) groups excluding carboxylic acids is 2. The van der Waals surface area contributed by atoms with Gasteiger partial charge in [0.25, 0.3) is 5.56 Å². The number of esters is 2. The number of nitrogens with zero attached hydrogens (tertiary/aromatic N) is 3. The Bertz CT molecular complexity index is 1710. The Balaban J connectivity index is 1.67. The molecule has 0 spiro atoms. The number of thiophene rings is 1. The summed E-state index contributed by atoms with van der Waals surface area (Å²) in [5.74, 6) is -0.800. The highest BCUT2D eigenvalue weighted by atomic mass is 32.1. The lowest BCUT2D eigenvalue weighted by molar-refractivity contribution is -0.143. The third kappa shape index (κ3) is 4.58. The van der Waals surface area contributed by atoms with Crippen LogP contribution in [0.3, 0.4) is 0 Å². The van der Waals surface area contributed by atoms with Gasteiger partial charge in [-0.25, -0.2) is 9.79 Å². The van der Waals surface area contributed by atoms with E-state index in [2.05, 4.69) is 4.99 Å². The first-order valence-corrected chi connectivity index (χ1v) is 13.6. The zero-order chi connectivity index (χ0) is 26.1. The third-order valence-corrected chi connectivity index (χ3v) is 7.95. The van der Waals surface area contributed by atoms with Crippen molar-refractivity contribution in [2.24, 2.45) is 4.99 Å². The number of rotatable bonds is 7. The summed E-state index contributed by atoms with van der Waals surface area (Å²) in [6.45, 7) is 5.91. The first kappa shape index (κ1) is 24.9. The summed E-state index contributed by atoms with van der Waals surface area (Å²) < 4.78 is 14.3. The van der Waals surface area contributed by atoms with E-state index in [-0.39, 0.29) is 24.7 Å². The number of thiazole rings is 1. The van der Waals surface area contributed by atoms with Crippen molar-refractivity contribution in [1.82, 2.24) is 9.13 Å². The Labute approximate surface area is 220 Å². The first-order valence-electron chi connectivity index (χ1n) is 11.9. The van der Waals surface area contributed by atoms with Gasteiger partial charge in [-0.2, -0.15) is 0 Å². The number of aromatic nitrogens is 2. The van der Waals surface area contributed by atoms with Gasteiger partial charge in [0.2, 0.25) is 0 Å². The molecule has 1 aromatic carbocycles. The van der Waals surface area contributed by atoms with E-state index in [4.69, 9.17) is 9.47 Å². The van der Waals surface area contributed by atoms with E-state index in [9.17, 15) is 14.4 Å². The van der Waals surface area contributed by atoms with E-state index in [1.165, 1.54) is 22.7 Å². The van der Waals surface area contributed by atoms with Crippen molar-refractivity contribution in [2.75, 3.05) is 13.2 Å². The van der Waals surface area contributed by atoms with Gasteiger partial charge >= 0.3 is 11.9 Å². The molecule has 0 bridgehead atoms. The molecule has 0 saturated heterocycles. The predicted molar refractivity (Wildman–Crippen MR) is 143 cm³/mol. The maximum Gasteiger partial charge on any atom is 0.338 e. The van der Waals surface area contributed by atoms with Crippen molar-refractivity contribution in [1.29, 1.82) is 0 Å². The zero-order valence-electron chi connectivity index (χ0n) is 20.6. The van der Waals surface area contributed by atoms with Crippen molar-refractivity contribution >= 4 is 51.6 Å². The van der Waals surface area contributed by atoms with Crippen LogP contribution >= 0.6 is 22.7 Å². The van der Waals surface area contributed by atoms with Gasteiger partial charge in [-0.15, -0.1) is 11.3 Å². The molecule has 8 nitrogen and oxygen atoms in total. The molecular formula is C27H25N3O5S2. The van der Waals surface area contributed by atoms with Crippen molar-refractivity contribution in [3.8, 4) is 0 Å². The fourth-order valence-electron chi connectivity index (χ4n) is 4.52. The lowest BCUT2D eigenvalue weighted by Crippen LogP contribution is -2.39. The summed E-state index contributed by atoms with van der Waals surface area (Å²) in [6.07, 6.45) is 3.68.